The summed E-state index contributed by atoms with van der Waals surface area (Å²) in [6, 6.07) is 14.1. The summed E-state index contributed by atoms with van der Waals surface area (Å²) in [6.45, 7) is 0. The first-order valence-corrected chi connectivity index (χ1v) is 5.64. The molecule has 3 aromatic rings. The minimum absolute atomic E-state index is 0.299. The molecule has 2 nitrogen and oxygen atoms in total. The second kappa shape index (κ2) is 4.11. The summed E-state index contributed by atoms with van der Waals surface area (Å²) >= 11 is 0. The van der Waals surface area contributed by atoms with Crippen molar-refractivity contribution in [2.75, 3.05) is 5.73 Å². The average Bonchev–Trinajstić information content (AvgIpc) is 2.41. The topological polar surface area (TPSA) is 38.9 Å². The van der Waals surface area contributed by atoms with Crippen LogP contribution in [-0.2, 0) is 0 Å². The Labute approximate surface area is 104 Å². The van der Waals surface area contributed by atoms with E-state index in [2.05, 4.69) is 4.98 Å². The molecule has 3 heteroatoms. The van der Waals surface area contributed by atoms with Gasteiger partial charge in [-0.1, -0.05) is 18.2 Å². The number of hydrogen-bond donors (Lipinski definition) is 1. The summed E-state index contributed by atoms with van der Waals surface area (Å²) in [4.78, 5) is 4.35. The zero-order chi connectivity index (χ0) is 12.5. The molecule has 0 saturated carbocycles. The van der Waals surface area contributed by atoms with Gasteiger partial charge in [-0.3, -0.25) is 4.98 Å². The van der Waals surface area contributed by atoms with Crippen LogP contribution in [-0.4, -0.2) is 4.98 Å². The van der Waals surface area contributed by atoms with Crippen LogP contribution in [0, 0.1) is 5.82 Å². The SMILES string of the molecule is Nc1ccc(F)cc1-c1cnc2ccccc2c1. The molecule has 0 radical (unpaired) electrons. The number of anilines is 1. The monoisotopic (exact) mass is 238 g/mol. The molecular formula is C15H11FN2. The molecule has 0 saturated heterocycles. The molecular weight excluding hydrogens is 227 g/mol. The van der Waals surface area contributed by atoms with Crippen molar-refractivity contribution in [3.05, 3.63) is 60.5 Å². The number of pyridine rings is 1. The molecule has 1 aromatic heterocycles. The van der Waals surface area contributed by atoms with E-state index in [1.165, 1.54) is 12.1 Å². The number of nitrogen functional groups attached to an aromatic ring is 1. The molecule has 3 rings (SSSR count). The van der Waals surface area contributed by atoms with Crippen LogP contribution in [0.5, 0.6) is 0 Å². The minimum atomic E-state index is -0.299. The maximum Gasteiger partial charge on any atom is 0.123 e. The van der Waals surface area contributed by atoms with Gasteiger partial charge < -0.3 is 5.73 Å². The zero-order valence-corrected chi connectivity index (χ0v) is 9.60. The Morgan fingerprint density at radius 1 is 1.00 bits per heavy atom. The summed E-state index contributed by atoms with van der Waals surface area (Å²) in [5, 5.41) is 1.01. The van der Waals surface area contributed by atoms with Crippen LogP contribution in [0.3, 0.4) is 0 Å². The van der Waals surface area contributed by atoms with Gasteiger partial charge in [0, 0.05) is 28.4 Å². The highest BCUT2D eigenvalue weighted by molar-refractivity contribution is 5.86. The maximum absolute atomic E-state index is 13.3. The fourth-order valence-electron chi connectivity index (χ4n) is 2.00. The fourth-order valence-corrected chi connectivity index (χ4v) is 2.00. The van der Waals surface area contributed by atoms with E-state index in [1.807, 2.05) is 30.3 Å². The first kappa shape index (κ1) is 10.7. The second-order valence-electron chi connectivity index (χ2n) is 4.15. The van der Waals surface area contributed by atoms with Gasteiger partial charge in [-0.05, 0) is 30.3 Å². The standard InChI is InChI=1S/C15H11FN2/c16-12-5-6-14(17)13(8-12)11-7-10-3-1-2-4-15(10)18-9-11/h1-9H,17H2. The van der Waals surface area contributed by atoms with E-state index in [4.69, 9.17) is 5.73 Å². The van der Waals surface area contributed by atoms with Crippen molar-refractivity contribution in [2.45, 2.75) is 0 Å². The maximum atomic E-state index is 13.3. The first-order chi connectivity index (χ1) is 8.74. The molecule has 0 spiro atoms. The zero-order valence-electron chi connectivity index (χ0n) is 9.60. The summed E-state index contributed by atoms with van der Waals surface area (Å²) < 4.78 is 13.3. The van der Waals surface area contributed by atoms with Gasteiger partial charge in [0.2, 0.25) is 0 Å². The molecule has 0 aliphatic carbocycles. The summed E-state index contributed by atoms with van der Waals surface area (Å²) in [7, 11) is 0. The Bertz CT molecular complexity index is 723. The van der Waals surface area contributed by atoms with E-state index in [0.29, 0.717) is 11.3 Å². The van der Waals surface area contributed by atoms with Crippen LogP contribution in [0.4, 0.5) is 10.1 Å². The van der Waals surface area contributed by atoms with E-state index < -0.39 is 0 Å². The summed E-state index contributed by atoms with van der Waals surface area (Å²) in [5.41, 5.74) is 8.83. The highest BCUT2D eigenvalue weighted by Gasteiger charge is 2.05. The number of nitrogens with zero attached hydrogens (tertiary/aromatic N) is 1. The highest BCUT2D eigenvalue weighted by atomic mass is 19.1. The molecule has 2 N–H and O–H groups in total. The smallest absolute Gasteiger partial charge is 0.123 e. The number of benzene rings is 2. The number of para-hydroxylation sites is 1. The van der Waals surface area contributed by atoms with Crippen LogP contribution in [0.1, 0.15) is 0 Å². The quantitative estimate of drug-likeness (QED) is 0.657. The molecule has 18 heavy (non-hydrogen) atoms. The van der Waals surface area contributed by atoms with E-state index in [9.17, 15) is 4.39 Å². The van der Waals surface area contributed by atoms with Crippen LogP contribution in [0.2, 0.25) is 0 Å². The molecule has 1 heterocycles. The third kappa shape index (κ3) is 1.80. The lowest BCUT2D eigenvalue weighted by Crippen LogP contribution is -1.92. The molecule has 0 aliphatic rings. The Hall–Kier alpha value is -2.42. The van der Waals surface area contributed by atoms with E-state index in [1.54, 1.807) is 12.3 Å². The number of halogens is 1. The molecule has 0 atom stereocenters. The van der Waals surface area contributed by atoms with Gasteiger partial charge in [0.15, 0.2) is 0 Å². The van der Waals surface area contributed by atoms with Crippen molar-refractivity contribution in [1.29, 1.82) is 0 Å². The molecule has 2 aromatic carbocycles. The summed E-state index contributed by atoms with van der Waals surface area (Å²) in [5.74, 6) is -0.299. The molecule has 0 fully saturated rings. The number of nitrogens with two attached hydrogens (primary N) is 1. The molecule has 0 amide bonds. The van der Waals surface area contributed by atoms with Crippen molar-refractivity contribution in [1.82, 2.24) is 4.98 Å². The van der Waals surface area contributed by atoms with Gasteiger partial charge >= 0.3 is 0 Å². The first-order valence-electron chi connectivity index (χ1n) is 5.64. The van der Waals surface area contributed by atoms with Crippen LogP contribution in [0.15, 0.2) is 54.7 Å². The average molecular weight is 238 g/mol. The van der Waals surface area contributed by atoms with Gasteiger partial charge in [0.1, 0.15) is 5.82 Å². The van der Waals surface area contributed by atoms with E-state index in [-0.39, 0.29) is 5.82 Å². The van der Waals surface area contributed by atoms with Crippen molar-refractivity contribution in [3.63, 3.8) is 0 Å². The van der Waals surface area contributed by atoms with Crippen LogP contribution >= 0.6 is 0 Å². The Morgan fingerprint density at radius 3 is 2.72 bits per heavy atom. The van der Waals surface area contributed by atoms with Crippen LogP contribution in [0.25, 0.3) is 22.0 Å². The molecule has 0 aliphatic heterocycles. The third-order valence-corrected chi connectivity index (χ3v) is 2.92. The van der Waals surface area contributed by atoms with Crippen molar-refractivity contribution in [2.24, 2.45) is 0 Å². The fraction of sp³-hybridized carbons (Fsp3) is 0. The number of aromatic nitrogens is 1. The van der Waals surface area contributed by atoms with E-state index in [0.717, 1.165) is 16.5 Å². The van der Waals surface area contributed by atoms with Gasteiger partial charge in [0.25, 0.3) is 0 Å². The lowest BCUT2D eigenvalue weighted by Gasteiger charge is -2.06. The number of fused-ring (bicyclic) bond motifs is 1. The number of hydrogen-bond acceptors (Lipinski definition) is 2. The van der Waals surface area contributed by atoms with Gasteiger partial charge in [-0.25, -0.2) is 4.39 Å². The van der Waals surface area contributed by atoms with Crippen molar-refractivity contribution >= 4 is 16.6 Å². The minimum Gasteiger partial charge on any atom is -0.398 e. The largest absolute Gasteiger partial charge is 0.398 e. The van der Waals surface area contributed by atoms with Crippen molar-refractivity contribution in [3.8, 4) is 11.1 Å². The molecule has 0 bridgehead atoms. The van der Waals surface area contributed by atoms with Gasteiger partial charge in [-0.2, -0.15) is 0 Å². The Morgan fingerprint density at radius 2 is 1.83 bits per heavy atom. The predicted molar refractivity (Wildman–Crippen MR) is 71.5 cm³/mol. The predicted octanol–water partition coefficient (Wildman–Crippen LogP) is 3.62. The van der Waals surface area contributed by atoms with Gasteiger partial charge in [0.05, 0.1) is 5.52 Å². The lowest BCUT2D eigenvalue weighted by molar-refractivity contribution is 0.628. The normalized spacial score (nSPS) is 10.7. The highest BCUT2D eigenvalue weighted by Crippen LogP contribution is 2.28. The molecule has 88 valence electrons. The summed E-state index contributed by atoms with van der Waals surface area (Å²) in [6.07, 6.45) is 1.72. The third-order valence-electron chi connectivity index (χ3n) is 2.92. The van der Waals surface area contributed by atoms with Gasteiger partial charge in [-0.15, -0.1) is 0 Å². The van der Waals surface area contributed by atoms with Crippen molar-refractivity contribution < 1.29 is 4.39 Å². The van der Waals surface area contributed by atoms with E-state index >= 15 is 0 Å². The molecule has 0 unspecified atom stereocenters. The van der Waals surface area contributed by atoms with Crippen LogP contribution < -0.4 is 5.73 Å². The lowest BCUT2D eigenvalue weighted by atomic mass is 10.0. The number of rotatable bonds is 1. The Balaban J connectivity index is 2.22. The Kier molecular flexibility index (Phi) is 2.45. The second-order valence-corrected chi connectivity index (χ2v) is 4.15.